The van der Waals surface area contributed by atoms with Crippen molar-refractivity contribution in [2.24, 2.45) is 0 Å². The lowest BCUT2D eigenvalue weighted by atomic mass is 9.98. The molecule has 154 valence electrons. The lowest BCUT2D eigenvalue weighted by Gasteiger charge is -2.32. The maximum Gasteiger partial charge on any atom is 0.278 e. The van der Waals surface area contributed by atoms with E-state index in [0.717, 1.165) is 24.1 Å². The number of amides is 2. The van der Waals surface area contributed by atoms with E-state index in [-0.39, 0.29) is 18.4 Å². The van der Waals surface area contributed by atoms with Gasteiger partial charge in [-0.3, -0.25) is 19.5 Å². The predicted octanol–water partition coefficient (Wildman–Crippen LogP) is 4.47. The third-order valence-electron chi connectivity index (χ3n) is 5.75. The molecule has 2 aromatic carbocycles. The van der Waals surface area contributed by atoms with Crippen LogP contribution in [-0.2, 0) is 22.6 Å². The van der Waals surface area contributed by atoms with Crippen molar-refractivity contribution in [1.29, 1.82) is 0 Å². The highest BCUT2D eigenvalue weighted by Crippen LogP contribution is 2.38. The average molecular weight is 430 g/mol. The zero-order valence-electron chi connectivity index (χ0n) is 16.8. The second-order valence-electron chi connectivity index (χ2n) is 7.67. The van der Waals surface area contributed by atoms with E-state index >= 15 is 0 Å². The number of benzene rings is 2. The standard InChI is InChI=1S/C25H20ClN3O2/c26-20-9-7-19(8-10-20)22-23(28-15-3-5-18-4-1-2-6-21(18)28)25(31)29(24(22)30)16-17-11-13-27-14-12-17/h1-2,4,6-14H,3,5,15-16H2. The predicted molar refractivity (Wildman–Crippen MR) is 120 cm³/mol. The smallest absolute Gasteiger partial charge is 0.278 e. The van der Waals surface area contributed by atoms with Gasteiger partial charge in [0.2, 0.25) is 0 Å². The number of hydrogen-bond acceptors (Lipinski definition) is 4. The fourth-order valence-corrected chi connectivity index (χ4v) is 4.40. The summed E-state index contributed by atoms with van der Waals surface area (Å²) in [7, 11) is 0. The van der Waals surface area contributed by atoms with Crippen LogP contribution < -0.4 is 4.90 Å². The van der Waals surface area contributed by atoms with Gasteiger partial charge in [-0.1, -0.05) is 41.9 Å². The van der Waals surface area contributed by atoms with E-state index in [1.165, 1.54) is 10.5 Å². The first-order valence-electron chi connectivity index (χ1n) is 10.2. The summed E-state index contributed by atoms with van der Waals surface area (Å²) >= 11 is 6.08. The maximum absolute atomic E-state index is 13.6. The van der Waals surface area contributed by atoms with E-state index in [2.05, 4.69) is 11.1 Å². The lowest BCUT2D eigenvalue weighted by Crippen LogP contribution is -2.36. The summed E-state index contributed by atoms with van der Waals surface area (Å²) in [4.78, 5) is 34.5. The molecule has 0 atom stereocenters. The summed E-state index contributed by atoms with van der Waals surface area (Å²) in [5.41, 5.74) is 4.58. The van der Waals surface area contributed by atoms with Crippen molar-refractivity contribution in [1.82, 2.24) is 9.88 Å². The number of hydrogen-bond donors (Lipinski definition) is 0. The van der Waals surface area contributed by atoms with Crippen molar-refractivity contribution >= 4 is 34.7 Å². The van der Waals surface area contributed by atoms with E-state index in [1.54, 1.807) is 36.7 Å². The van der Waals surface area contributed by atoms with Crippen molar-refractivity contribution < 1.29 is 9.59 Å². The van der Waals surface area contributed by atoms with Crippen LogP contribution >= 0.6 is 11.6 Å². The van der Waals surface area contributed by atoms with Crippen molar-refractivity contribution in [2.45, 2.75) is 19.4 Å². The Hall–Kier alpha value is -3.44. The molecule has 5 nitrogen and oxygen atoms in total. The van der Waals surface area contributed by atoms with E-state index in [9.17, 15) is 9.59 Å². The Morgan fingerprint density at radius 1 is 0.903 bits per heavy atom. The fourth-order valence-electron chi connectivity index (χ4n) is 4.27. The first kappa shape index (κ1) is 19.5. The molecule has 2 aliphatic rings. The molecule has 0 saturated heterocycles. The van der Waals surface area contributed by atoms with Gasteiger partial charge < -0.3 is 4.90 Å². The van der Waals surface area contributed by atoms with Crippen molar-refractivity contribution in [2.75, 3.05) is 11.4 Å². The normalized spacial score (nSPS) is 16.2. The number of pyridine rings is 1. The topological polar surface area (TPSA) is 53.5 Å². The monoisotopic (exact) mass is 429 g/mol. The van der Waals surface area contributed by atoms with Gasteiger partial charge in [0.05, 0.1) is 12.1 Å². The molecule has 0 spiro atoms. The summed E-state index contributed by atoms with van der Waals surface area (Å²) in [5, 5.41) is 0.583. The molecule has 31 heavy (non-hydrogen) atoms. The summed E-state index contributed by atoms with van der Waals surface area (Å²) in [6.45, 7) is 0.891. The van der Waals surface area contributed by atoms with Gasteiger partial charge in [0.25, 0.3) is 11.8 Å². The molecule has 2 aliphatic heterocycles. The zero-order valence-corrected chi connectivity index (χ0v) is 17.5. The highest BCUT2D eigenvalue weighted by molar-refractivity contribution is 6.37. The Balaban J connectivity index is 1.63. The molecule has 0 unspecified atom stereocenters. The Bertz CT molecular complexity index is 1190. The van der Waals surface area contributed by atoms with E-state index < -0.39 is 0 Å². The van der Waals surface area contributed by atoms with E-state index in [0.29, 0.717) is 28.4 Å². The van der Waals surface area contributed by atoms with Gasteiger partial charge in [-0.15, -0.1) is 0 Å². The second-order valence-corrected chi connectivity index (χ2v) is 8.10. The third-order valence-corrected chi connectivity index (χ3v) is 6.00. The van der Waals surface area contributed by atoms with Gasteiger partial charge in [0.1, 0.15) is 5.70 Å². The number of aromatic nitrogens is 1. The number of nitrogens with zero attached hydrogens (tertiary/aromatic N) is 3. The second kappa shape index (κ2) is 8.00. The summed E-state index contributed by atoms with van der Waals surface area (Å²) in [6, 6.07) is 18.8. The number of imide groups is 1. The minimum atomic E-state index is -0.290. The van der Waals surface area contributed by atoms with Crippen molar-refractivity contribution in [3.8, 4) is 0 Å². The molecule has 5 rings (SSSR count). The minimum absolute atomic E-state index is 0.205. The summed E-state index contributed by atoms with van der Waals surface area (Å²) in [5.74, 6) is -0.564. The molecule has 1 aromatic heterocycles. The number of halogens is 1. The third kappa shape index (κ3) is 3.51. The summed E-state index contributed by atoms with van der Waals surface area (Å²) < 4.78 is 0. The van der Waals surface area contributed by atoms with Crippen LogP contribution in [0.4, 0.5) is 5.69 Å². The van der Waals surface area contributed by atoms with Crippen LogP contribution in [0.5, 0.6) is 0 Å². The molecule has 3 aromatic rings. The Morgan fingerprint density at radius 2 is 1.65 bits per heavy atom. The molecule has 0 fully saturated rings. The van der Waals surface area contributed by atoms with Crippen LogP contribution in [0.1, 0.15) is 23.1 Å². The van der Waals surface area contributed by atoms with Gasteiger partial charge >= 0.3 is 0 Å². The number of aryl methyl sites for hydroxylation is 1. The molecule has 6 heteroatoms. The molecule has 0 N–H and O–H groups in total. The van der Waals surface area contributed by atoms with Gasteiger partial charge in [0.15, 0.2) is 0 Å². The number of carbonyl (C=O) groups is 2. The minimum Gasteiger partial charge on any atom is -0.336 e. The number of carbonyl (C=O) groups excluding carboxylic acids is 2. The van der Waals surface area contributed by atoms with Crippen LogP contribution in [0, 0.1) is 0 Å². The number of para-hydroxylation sites is 1. The van der Waals surface area contributed by atoms with Crippen molar-refractivity contribution in [3.05, 3.63) is 100 Å². The first-order chi connectivity index (χ1) is 15.1. The fraction of sp³-hybridized carbons (Fsp3) is 0.160. The summed E-state index contributed by atoms with van der Waals surface area (Å²) in [6.07, 6.45) is 5.20. The number of fused-ring (bicyclic) bond motifs is 1. The Morgan fingerprint density at radius 3 is 2.42 bits per heavy atom. The van der Waals surface area contributed by atoms with Gasteiger partial charge in [-0.2, -0.15) is 0 Å². The molecule has 0 aliphatic carbocycles. The van der Waals surface area contributed by atoms with Crippen LogP contribution in [0.3, 0.4) is 0 Å². The highest BCUT2D eigenvalue weighted by atomic mass is 35.5. The Labute approximate surface area is 185 Å². The quantitative estimate of drug-likeness (QED) is 0.574. The molecule has 0 bridgehead atoms. The largest absolute Gasteiger partial charge is 0.336 e. The van der Waals surface area contributed by atoms with Crippen LogP contribution in [0.25, 0.3) is 5.57 Å². The maximum atomic E-state index is 13.6. The molecule has 0 saturated carbocycles. The van der Waals surface area contributed by atoms with Gasteiger partial charge in [-0.05, 0) is 59.9 Å². The van der Waals surface area contributed by atoms with E-state index in [4.69, 9.17) is 11.6 Å². The van der Waals surface area contributed by atoms with Gasteiger partial charge in [0, 0.05) is 29.6 Å². The van der Waals surface area contributed by atoms with Crippen LogP contribution in [0.15, 0.2) is 78.8 Å². The highest BCUT2D eigenvalue weighted by Gasteiger charge is 2.42. The van der Waals surface area contributed by atoms with Crippen molar-refractivity contribution in [3.63, 3.8) is 0 Å². The lowest BCUT2D eigenvalue weighted by molar-refractivity contribution is -0.137. The molecule has 0 radical (unpaired) electrons. The Kier molecular flexibility index (Phi) is 5.04. The van der Waals surface area contributed by atoms with Crippen LogP contribution in [-0.4, -0.2) is 28.2 Å². The molecular formula is C25H20ClN3O2. The SMILES string of the molecule is O=C1C(c2ccc(Cl)cc2)=C(N2CCCc3ccccc32)C(=O)N1Cc1ccncc1. The number of rotatable bonds is 4. The first-order valence-corrected chi connectivity index (χ1v) is 10.6. The van der Waals surface area contributed by atoms with Crippen LogP contribution in [0.2, 0.25) is 5.02 Å². The van der Waals surface area contributed by atoms with Gasteiger partial charge in [-0.25, -0.2) is 0 Å². The number of anilines is 1. The molecule has 3 heterocycles. The average Bonchev–Trinajstić information content (AvgIpc) is 3.04. The molecular weight excluding hydrogens is 410 g/mol. The zero-order chi connectivity index (χ0) is 21.4. The van der Waals surface area contributed by atoms with E-state index in [1.807, 2.05) is 35.2 Å². The molecule has 2 amide bonds.